The number of benzene rings is 2. The van der Waals surface area contributed by atoms with Crippen LogP contribution >= 0.6 is 0 Å². The molecular weight excluding hydrogens is 368 g/mol. The van der Waals surface area contributed by atoms with Crippen molar-refractivity contribution in [3.05, 3.63) is 66.2 Å². The van der Waals surface area contributed by atoms with Crippen molar-refractivity contribution in [1.29, 1.82) is 0 Å². The Morgan fingerprint density at radius 3 is 2.28 bits per heavy atom. The van der Waals surface area contributed by atoms with Crippen LogP contribution in [0.4, 0.5) is 5.69 Å². The van der Waals surface area contributed by atoms with E-state index in [0.717, 1.165) is 0 Å². The van der Waals surface area contributed by atoms with E-state index >= 15 is 0 Å². The highest BCUT2D eigenvalue weighted by Crippen LogP contribution is 2.40. The molecule has 0 saturated carbocycles. The van der Waals surface area contributed by atoms with Crippen LogP contribution in [0.3, 0.4) is 0 Å². The largest absolute Gasteiger partial charge is 0.405 e. The van der Waals surface area contributed by atoms with Gasteiger partial charge in [0.1, 0.15) is 0 Å². The molecule has 1 saturated heterocycles. The number of aliphatic imine (C=N–C) groups is 1. The molecule has 29 heavy (non-hydrogen) atoms. The Hall–Kier alpha value is -3.28. The lowest BCUT2D eigenvalue weighted by molar-refractivity contribution is -0.141. The predicted molar refractivity (Wildman–Crippen MR) is 108 cm³/mol. The third-order valence-corrected chi connectivity index (χ3v) is 5.63. The monoisotopic (exact) mass is 390 g/mol. The number of para-hydroxylation sites is 1. The van der Waals surface area contributed by atoms with E-state index in [0.29, 0.717) is 11.3 Å². The molecule has 0 aromatic heterocycles. The number of hydrogen-bond donors (Lipinski definition) is 0. The molecule has 2 heterocycles. The molecule has 2 amide bonds. The topological polar surface area (TPSA) is 76.0 Å². The Labute approximate surface area is 169 Å². The standard InChI is InChI=1S/C23H22N2O4/c1-15(2)23(22(28)29-20(24-23)16-9-5-3-6-10-16)14-17-13-19(26)25(21(17)27)18-11-7-4-8-12-18/h3-12,15,17H,13-14H2,1-2H3/t17-,23+/m0/s1. The summed E-state index contributed by atoms with van der Waals surface area (Å²) < 4.78 is 5.51. The highest BCUT2D eigenvalue weighted by atomic mass is 16.6. The van der Waals surface area contributed by atoms with Crippen LogP contribution in [0.2, 0.25) is 0 Å². The molecule has 2 aromatic rings. The normalized spacial score (nSPS) is 24.2. The number of nitrogens with zero attached hydrogens (tertiary/aromatic N) is 2. The number of cyclic esters (lactones) is 1. The zero-order valence-corrected chi connectivity index (χ0v) is 16.4. The second-order valence-corrected chi connectivity index (χ2v) is 7.76. The van der Waals surface area contributed by atoms with Crippen molar-refractivity contribution in [2.45, 2.75) is 32.2 Å². The van der Waals surface area contributed by atoms with Gasteiger partial charge in [-0.05, 0) is 36.6 Å². The van der Waals surface area contributed by atoms with Gasteiger partial charge in [-0.25, -0.2) is 9.79 Å². The molecule has 0 aliphatic carbocycles. The summed E-state index contributed by atoms with van der Waals surface area (Å²) in [6.07, 6.45) is 0.208. The minimum atomic E-state index is -1.18. The van der Waals surface area contributed by atoms with E-state index in [1.807, 2.05) is 50.2 Å². The lowest BCUT2D eigenvalue weighted by Crippen LogP contribution is -2.43. The van der Waals surface area contributed by atoms with E-state index in [1.54, 1.807) is 24.3 Å². The zero-order chi connectivity index (χ0) is 20.6. The van der Waals surface area contributed by atoms with E-state index in [9.17, 15) is 14.4 Å². The molecule has 0 radical (unpaired) electrons. The van der Waals surface area contributed by atoms with Crippen LogP contribution in [-0.2, 0) is 19.1 Å². The summed E-state index contributed by atoms with van der Waals surface area (Å²) in [5.74, 6) is -1.56. The van der Waals surface area contributed by atoms with Crippen molar-refractivity contribution in [3.8, 4) is 0 Å². The second-order valence-electron chi connectivity index (χ2n) is 7.76. The van der Waals surface area contributed by atoms with Crippen LogP contribution < -0.4 is 4.90 Å². The molecule has 2 atom stereocenters. The maximum absolute atomic E-state index is 13.0. The van der Waals surface area contributed by atoms with E-state index in [4.69, 9.17) is 4.74 Å². The van der Waals surface area contributed by atoms with Crippen LogP contribution in [0.25, 0.3) is 0 Å². The van der Waals surface area contributed by atoms with Crippen molar-refractivity contribution >= 4 is 29.4 Å². The fourth-order valence-electron chi connectivity index (χ4n) is 3.94. The number of amides is 2. The molecule has 2 aromatic carbocycles. The van der Waals surface area contributed by atoms with Crippen LogP contribution in [0.1, 0.15) is 32.3 Å². The first-order chi connectivity index (χ1) is 13.9. The van der Waals surface area contributed by atoms with Gasteiger partial charge in [-0.3, -0.25) is 14.5 Å². The van der Waals surface area contributed by atoms with Gasteiger partial charge in [0.25, 0.3) is 0 Å². The Kier molecular flexibility index (Phi) is 4.78. The van der Waals surface area contributed by atoms with Crippen LogP contribution in [0.5, 0.6) is 0 Å². The van der Waals surface area contributed by atoms with Crippen molar-refractivity contribution in [2.24, 2.45) is 16.8 Å². The van der Waals surface area contributed by atoms with Crippen molar-refractivity contribution in [1.82, 2.24) is 0 Å². The van der Waals surface area contributed by atoms with Gasteiger partial charge in [-0.15, -0.1) is 0 Å². The van der Waals surface area contributed by atoms with Crippen molar-refractivity contribution in [3.63, 3.8) is 0 Å². The van der Waals surface area contributed by atoms with E-state index in [2.05, 4.69) is 4.99 Å². The molecule has 6 heteroatoms. The van der Waals surface area contributed by atoms with E-state index in [-0.39, 0.29) is 36.5 Å². The molecule has 0 unspecified atom stereocenters. The van der Waals surface area contributed by atoms with E-state index in [1.165, 1.54) is 4.90 Å². The summed E-state index contributed by atoms with van der Waals surface area (Å²) in [5.41, 5.74) is 0.0764. The number of imide groups is 1. The third-order valence-electron chi connectivity index (χ3n) is 5.63. The number of esters is 1. The summed E-state index contributed by atoms with van der Waals surface area (Å²) in [6, 6.07) is 18.1. The van der Waals surface area contributed by atoms with E-state index < -0.39 is 17.4 Å². The lowest BCUT2D eigenvalue weighted by atomic mass is 9.79. The number of carbonyl (C=O) groups is 3. The maximum Gasteiger partial charge on any atom is 0.341 e. The first-order valence-electron chi connectivity index (χ1n) is 9.72. The summed E-state index contributed by atoms with van der Waals surface area (Å²) in [4.78, 5) is 44.4. The number of rotatable bonds is 5. The summed E-state index contributed by atoms with van der Waals surface area (Å²) >= 11 is 0. The zero-order valence-electron chi connectivity index (χ0n) is 16.4. The van der Waals surface area contributed by atoms with Crippen molar-refractivity contribution < 1.29 is 19.1 Å². The smallest absolute Gasteiger partial charge is 0.341 e. The first kappa shape index (κ1) is 19.1. The van der Waals surface area contributed by atoms with Crippen LogP contribution in [0.15, 0.2) is 65.7 Å². The van der Waals surface area contributed by atoms with Gasteiger partial charge in [-0.1, -0.05) is 50.2 Å². The SMILES string of the molecule is CC(C)[C@@]1(C[C@@H]2CC(=O)N(c3ccccc3)C2=O)N=C(c2ccccc2)OC1=O. The van der Waals surface area contributed by atoms with Crippen LogP contribution in [0, 0.1) is 11.8 Å². The molecule has 0 N–H and O–H groups in total. The summed E-state index contributed by atoms with van der Waals surface area (Å²) in [5, 5.41) is 0. The molecule has 2 aliphatic heterocycles. The maximum atomic E-state index is 13.0. The van der Waals surface area contributed by atoms with Gasteiger partial charge in [-0.2, -0.15) is 0 Å². The molecule has 0 spiro atoms. The Morgan fingerprint density at radius 2 is 1.66 bits per heavy atom. The third kappa shape index (κ3) is 3.24. The number of ether oxygens (including phenoxy) is 1. The molecule has 4 rings (SSSR count). The van der Waals surface area contributed by atoms with Gasteiger partial charge >= 0.3 is 5.97 Å². The first-order valence-corrected chi connectivity index (χ1v) is 9.72. The van der Waals surface area contributed by atoms with Gasteiger partial charge in [0.15, 0.2) is 5.54 Å². The summed E-state index contributed by atoms with van der Waals surface area (Å²) in [7, 11) is 0. The Morgan fingerprint density at radius 1 is 1.03 bits per heavy atom. The second kappa shape index (κ2) is 7.28. The molecule has 6 nitrogen and oxygen atoms in total. The predicted octanol–water partition coefficient (Wildman–Crippen LogP) is 3.35. The average Bonchev–Trinajstić information content (AvgIpc) is 3.20. The van der Waals surface area contributed by atoms with Gasteiger partial charge in [0, 0.05) is 12.0 Å². The fraction of sp³-hybridized carbons (Fsp3) is 0.304. The van der Waals surface area contributed by atoms with Gasteiger partial charge in [0.2, 0.25) is 17.7 Å². The number of anilines is 1. The fourth-order valence-corrected chi connectivity index (χ4v) is 3.94. The van der Waals surface area contributed by atoms with Crippen LogP contribution in [-0.4, -0.2) is 29.2 Å². The Balaban J connectivity index is 1.64. The molecule has 148 valence electrons. The van der Waals surface area contributed by atoms with Gasteiger partial charge in [0.05, 0.1) is 11.6 Å². The van der Waals surface area contributed by atoms with Crippen molar-refractivity contribution in [2.75, 3.05) is 4.90 Å². The summed E-state index contributed by atoms with van der Waals surface area (Å²) in [6.45, 7) is 3.77. The molecule has 1 fully saturated rings. The minimum Gasteiger partial charge on any atom is -0.405 e. The molecule has 2 aliphatic rings. The number of carbonyl (C=O) groups excluding carboxylic acids is 3. The highest BCUT2D eigenvalue weighted by Gasteiger charge is 2.53. The molecular formula is C23H22N2O4. The quantitative estimate of drug-likeness (QED) is 0.579. The Bertz CT molecular complexity index is 984. The van der Waals surface area contributed by atoms with Gasteiger partial charge < -0.3 is 4.74 Å². The lowest BCUT2D eigenvalue weighted by Gasteiger charge is -2.28. The highest BCUT2D eigenvalue weighted by molar-refractivity contribution is 6.21. The average molecular weight is 390 g/mol. The molecule has 0 bridgehead atoms. The number of hydrogen-bond acceptors (Lipinski definition) is 5. The minimum absolute atomic E-state index is 0.0612.